The van der Waals surface area contributed by atoms with Gasteiger partial charge in [-0.3, -0.25) is 0 Å². The van der Waals surface area contributed by atoms with Crippen molar-refractivity contribution in [3.8, 4) is 0 Å². The molecule has 6 heteroatoms. The molecule has 0 unspecified atom stereocenters. The molecule has 3 heterocycles. The molecule has 0 amide bonds. The summed E-state index contributed by atoms with van der Waals surface area (Å²) in [5.74, 6) is -0.868. The summed E-state index contributed by atoms with van der Waals surface area (Å²) in [4.78, 5) is 0. The first-order valence-corrected chi connectivity index (χ1v) is 11.1. The molecule has 2 aliphatic carbocycles. The van der Waals surface area contributed by atoms with Crippen LogP contribution in [0.3, 0.4) is 0 Å². The first-order chi connectivity index (χ1) is 13.1. The molecule has 3 aliphatic heterocycles. The summed E-state index contributed by atoms with van der Waals surface area (Å²) >= 11 is 0. The summed E-state index contributed by atoms with van der Waals surface area (Å²) in [6.07, 6.45) is 10.1. The van der Waals surface area contributed by atoms with E-state index in [-0.39, 0.29) is 36.8 Å². The minimum Gasteiger partial charge on any atom is -0.370 e. The van der Waals surface area contributed by atoms with E-state index in [1.807, 2.05) is 0 Å². The molecule has 5 aliphatic rings. The first-order valence-electron chi connectivity index (χ1n) is 11.1. The van der Waals surface area contributed by atoms with E-state index in [9.17, 15) is 0 Å². The van der Waals surface area contributed by atoms with Gasteiger partial charge in [0.1, 0.15) is 24.4 Å². The van der Waals surface area contributed by atoms with Crippen LogP contribution in [0.25, 0.3) is 0 Å². The topological polar surface area (TPSA) is 55.4 Å². The fourth-order valence-electron chi connectivity index (χ4n) is 5.54. The van der Waals surface area contributed by atoms with Gasteiger partial charge in [-0.1, -0.05) is 12.8 Å². The van der Waals surface area contributed by atoms with Crippen molar-refractivity contribution in [3.05, 3.63) is 0 Å². The standard InChI is InChI=1S/C21H34O6/c1-14(2)23-17-16(15-13-22-20(25-15)9-5-3-6-10-20)24-19-18(17)26-21(27-19)11-7-4-8-12-21/h14-19H,3-13H2,1-2H3/t15-,16-,17+,18+,19+/m0/s1. The molecular formula is C21H34O6. The third-order valence-corrected chi connectivity index (χ3v) is 6.79. The summed E-state index contributed by atoms with van der Waals surface area (Å²) in [6.45, 7) is 4.68. The summed E-state index contributed by atoms with van der Waals surface area (Å²) in [5, 5.41) is 0. The van der Waals surface area contributed by atoms with Crippen LogP contribution in [0.1, 0.15) is 78.1 Å². The third-order valence-electron chi connectivity index (χ3n) is 6.79. The van der Waals surface area contributed by atoms with Gasteiger partial charge in [0.15, 0.2) is 17.9 Å². The van der Waals surface area contributed by atoms with Crippen LogP contribution in [0.5, 0.6) is 0 Å². The van der Waals surface area contributed by atoms with Crippen LogP contribution in [-0.4, -0.2) is 55.0 Å². The van der Waals surface area contributed by atoms with E-state index < -0.39 is 11.6 Å². The molecule has 5 fully saturated rings. The highest BCUT2D eigenvalue weighted by Crippen LogP contribution is 2.48. The average molecular weight is 382 g/mol. The molecular weight excluding hydrogens is 348 g/mol. The predicted octanol–water partition coefficient (Wildman–Crippen LogP) is 3.66. The van der Waals surface area contributed by atoms with Gasteiger partial charge >= 0.3 is 0 Å². The van der Waals surface area contributed by atoms with Gasteiger partial charge in [-0.05, 0) is 39.5 Å². The molecule has 0 aromatic heterocycles. The Hall–Kier alpha value is -0.240. The molecule has 154 valence electrons. The van der Waals surface area contributed by atoms with Crippen LogP contribution in [0.4, 0.5) is 0 Å². The second-order valence-corrected chi connectivity index (χ2v) is 9.23. The Morgan fingerprint density at radius 3 is 2.11 bits per heavy atom. The number of fused-ring (bicyclic) bond motifs is 1. The summed E-state index contributed by atoms with van der Waals surface area (Å²) < 4.78 is 38.1. The molecule has 6 nitrogen and oxygen atoms in total. The van der Waals surface area contributed by atoms with Crippen LogP contribution < -0.4 is 0 Å². The maximum atomic E-state index is 6.49. The Kier molecular flexibility index (Phi) is 5.02. The maximum Gasteiger partial charge on any atom is 0.190 e. The molecule has 2 spiro atoms. The minimum atomic E-state index is -0.464. The van der Waals surface area contributed by atoms with Crippen LogP contribution in [0.2, 0.25) is 0 Å². The average Bonchev–Trinajstić information content (AvgIpc) is 3.29. The Bertz CT molecular complexity index is 525. The van der Waals surface area contributed by atoms with Crippen LogP contribution >= 0.6 is 0 Å². The van der Waals surface area contributed by atoms with Gasteiger partial charge in [0.25, 0.3) is 0 Å². The van der Waals surface area contributed by atoms with E-state index in [2.05, 4.69) is 13.8 Å². The molecule has 3 saturated heterocycles. The lowest BCUT2D eigenvalue weighted by atomic mass is 9.94. The van der Waals surface area contributed by atoms with E-state index in [0.717, 1.165) is 38.5 Å². The van der Waals surface area contributed by atoms with Gasteiger partial charge in [0.2, 0.25) is 0 Å². The lowest BCUT2D eigenvalue weighted by Gasteiger charge is -2.36. The number of rotatable bonds is 3. The van der Waals surface area contributed by atoms with Crippen molar-refractivity contribution >= 4 is 0 Å². The first kappa shape index (κ1) is 18.8. The summed E-state index contributed by atoms with van der Waals surface area (Å²) in [5.41, 5.74) is 0. The summed E-state index contributed by atoms with van der Waals surface area (Å²) in [6, 6.07) is 0. The molecule has 0 aromatic carbocycles. The second-order valence-electron chi connectivity index (χ2n) is 9.23. The minimum absolute atomic E-state index is 0.0947. The molecule has 27 heavy (non-hydrogen) atoms. The highest BCUT2D eigenvalue weighted by Gasteiger charge is 2.61. The molecule has 2 saturated carbocycles. The van der Waals surface area contributed by atoms with Gasteiger partial charge in [0, 0.05) is 25.7 Å². The van der Waals surface area contributed by atoms with Crippen molar-refractivity contribution in [2.75, 3.05) is 6.61 Å². The lowest BCUT2D eigenvalue weighted by Crippen LogP contribution is -2.46. The maximum absolute atomic E-state index is 6.49. The van der Waals surface area contributed by atoms with Gasteiger partial charge in [-0.15, -0.1) is 0 Å². The van der Waals surface area contributed by atoms with Crippen molar-refractivity contribution in [2.45, 2.75) is 126 Å². The number of ether oxygens (including phenoxy) is 6. The fraction of sp³-hybridized carbons (Fsp3) is 1.00. The smallest absolute Gasteiger partial charge is 0.190 e. The predicted molar refractivity (Wildman–Crippen MR) is 97.1 cm³/mol. The van der Waals surface area contributed by atoms with E-state index in [1.54, 1.807) is 0 Å². The van der Waals surface area contributed by atoms with Gasteiger partial charge in [-0.2, -0.15) is 0 Å². The highest BCUT2D eigenvalue weighted by molar-refractivity contribution is 5.01. The molecule has 0 N–H and O–H groups in total. The Morgan fingerprint density at radius 1 is 0.778 bits per heavy atom. The monoisotopic (exact) mass is 382 g/mol. The number of hydrogen-bond donors (Lipinski definition) is 0. The van der Waals surface area contributed by atoms with E-state index in [4.69, 9.17) is 28.4 Å². The Morgan fingerprint density at radius 2 is 1.44 bits per heavy atom. The zero-order valence-electron chi connectivity index (χ0n) is 16.7. The van der Waals surface area contributed by atoms with Crippen molar-refractivity contribution in [2.24, 2.45) is 0 Å². The van der Waals surface area contributed by atoms with E-state index in [0.29, 0.717) is 6.61 Å². The van der Waals surface area contributed by atoms with Gasteiger partial charge in [-0.25, -0.2) is 0 Å². The van der Waals surface area contributed by atoms with Crippen molar-refractivity contribution in [1.29, 1.82) is 0 Å². The largest absolute Gasteiger partial charge is 0.370 e. The highest BCUT2D eigenvalue weighted by atomic mass is 16.9. The molecule has 0 aromatic rings. The van der Waals surface area contributed by atoms with Crippen LogP contribution in [-0.2, 0) is 28.4 Å². The van der Waals surface area contributed by atoms with Crippen molar-refractivity contribution < 1.29 is 28.4 Å². The molecule has 0 bridgehead atoms. The van der Waals surface area contributed by atoms with Gasteiger partial charge in [0.05, 0.1) is 12.7 Å². The van der Waals surface area contributed by atoms with Gasteiger partial charge < -0.3 is 28.4 Å². The van der Waals surface area contributed by atoms with Crippen molar-refractivity contribution in [1.82, 2.24) is 0 Å². The quantitative estimate of drug-likeness (QED) is 0.743. The molecule has 0 radical (unpaired) electrons. The fourth-order valence-corrected chi connectivity index (χ4v) is 5.54. The normalized spacial score (nSPS) is 43.0. The van der Waals surface area contributed by atoms with E-state index in [1.165, 1.54) is 25.7 Å². The Labute approximate surface area is 162 Å². The zero-order chi connectivity index (χ0) is 18.5. The Balaban J connectivity index is 1.30. The molecule has 5 atom stereocenters. The zero-order valence-corrected chi connectivity index (χ0v) is 16.7. The van der Waals surface area contributed by atoms with Crippen molar-refractivity contribution in [3.63, 3.8) is 0 Å². The molecule has 5 rings (SSSR count). The van der Waals surface area contributed by atoms with E-state index >= 15 is 0 Å². The lowest BCUT2D eigenvalue weighted by molar-refractivity contribution is -0.264. The second kappa shape index (κ2) is 7.22. The number of hydrogen-bond acceptors (Lipinski definition) is 6. The van der Waals surface area contributed by atoms with Crippen LogP contribution in [0.15, 0.2) is 0 Å². The SMILES string of the molecule is CC(C)O[C@@H]1[C@H]([C@@H]2COC3(CCCCC3)O2)O[C@@H]2OC3(CCCCC3)O[C@@H]21. The third kappa shape index (κ3) is 3.47. The summed E-state index contributed by atoms with van der Waals surface area (Å²) in [7, 11) is 0. The van der Waals surface area contributed by atoms with Crippen LogP contribution in [0, 0.1) is 0 Å².